The lowest BCUT2D eigenvalue weighted by molar-refractivity contribution is 0.398. The van der Waals surface area contributed by atoms with Crippen LogP contribution in [0.3, 0.4) is 0 Å². The van der Waals surface area contributed by atoms with E-state index in [1.54, 1.807) is 0 Å². The minimum Gasteiger partial charge on any atom is -0.311 e. The Morgan fingerprint density at radius 1 is 1.29 bits per heavy atom. The first-order valence-electron chi connectivity index (χ1n) is 6.16. The van der Waals surface area contributed by atoms with Crippen LogP contribution in [0.25, 0.3) is 0 Å². The molecular formula is C12H25NS. The van der Waals surface area contributed by atoms with Gasteiger partial charge in [-0.3, -0.25) is 0 Å². The van der Waals surface area contributed by atoms with Gasteiger partial charge in [0.15, 0.2) is 0 Å². The Bertz CT molecular complexity index is 132. The van der Waals surface area contributed by atoms with E-state index in [1.165, 1.54) is 50.0 Å². The summed E-state index contributed by atoms with van der Waals surface area (Å²) in [6.45, 7) is 4.62. The lowest BCUT2D eigenvalue weighted by Gasteiger charge is -2.26. The first kappa shape index (κ1) is 12.4. The summed E-state index contributed by atoms with van der Waals surface area (Å²) in [6, 6.07) is 1.54. The van der Waals surface area contributed by atoms with E-state index in [-0.39, 0.29) is 0 Å². The van der Waals surface area contributed by atoms with Gasteiger partial charge in [-0.15, -0.1) is 0 Å². The van der Waals surface area contributed by atoms with E-state index in [0.717, 1.165) is 12.1 Å². The lowest BCUT2D eigenvalue weighted by atomic mass is 10.1. The van der Waals surface area contributed by atoms with Gasteiger partial charge in [0.25, 0.3) is 0 Å². The summed E-state index contributed by atoms with van der Waals surface area (Å²) < 4.78 is 0. The predicted molar refractivity (Wildman–Crippen MR) is 67.1 cm³/mol. The Morgan fingerprint density at radius 2 is 2.00 bits per heavy atom. The Labute approximate surface area is 93.4 Å². The van der Waals surface area contributed by atoms with Crippen LogP contribution in [0.1, 0.15) is 52.4 Å². The minimum absolute atomic E-state index is 0.731. The average molecular weight is 215 g/mol. The summed E-state index contributed by atoms with van der Waals surface area (Å²) in [5.41, 5.74) is 0. The quantitative estimate of drug-likeness (QED) is 0.681. The SMILES string of the molecule is CCCCCC(C)NC1CCSCC1. The first-order valence-corrected chi connectivity index (χ1v) is 7.32. The van der Waals surface area contributed by atoms with Gasteiger partial charge in [0.2, 0.25) is 0 Å². The van der Waals surface area contributed by atoms with Crippen molar-refractivity contribution in [1.82, 2.24) is 5.32 Å². The Hall–Kier alpha value is 0.310. The highest BCUT2D eigenvalue weighted by atomic mass is 32.2. The molecule has 0 aromatic carbocycles. The number of hydrogen-bond donors (Lipinski definition) is 1. The van der Waals surface area contributed by atoms with Gasteiger partial charge in [-0.2, -0.15) is 11.8 Å². The molecule has 1 nitrogen and oxygen atoms in total. The van der Waals surface area contributed by atoms with Crippen LogP contribution in [-0.2, 0) is 0 Å². The maximum absolute atomic E-state index is 3.76. The van der Waals surface area contributed by atoms with Crippen LogP contribution in [0.2, 0.25) is 0 Å². The summed E-state index contributed by atoms with van der Waals surface area (Å²) in [5, 5.41) is 3.76. The Balaban J connectivity index is 2.03. The van der Waals surface area contributed by atoms with Gasteiger partial charge in [0.1, 0.15) is 0 Å². The van der Waals surface area contributed by atoms with Crippen molar-refractivity contribution in [3.63, 3.8) is 0 Å². The molecule has 14 heavy (non-hydrogen) atoms. The Morgan fingerprint density at radius 3 is 2.64 bits per heavy atom. The summed E-state index contributed by atoms with van der Waals surface area (Å²) in [4.78, 5) is 0. The van der Waals surface area contributed by atoms with Crippen LogP contribution in [0.15, 0.2) is 0 Å². The van der Waals surface area contributed by atoms with Gasteiger partial charge in [-0.1, -0.05) is 26.2 Å². The van der Waals surface area contributed by atoms with E-state index in [0.29, 0.717) is 0 Å². The molecule has 1 unspecified atom stereocenters. The number of thioether (sulfide) groups is 1. The van der Waals surface area contributed by atoms with Crippen molar-refractivity contribution in [1.29, 1.82) is 0 Å². The molecule has 1 aliphatic rings. The molecule has 2 heteroatoms. The monoisotopic (exact) mass is 215 g/mol. The molecule has 1 atom stereocenters. The molecule has 1 rings (SSSR count). The number of unbranched alkanes of at least 4 members (excludes halogenated alkanes) is 2. The molecule has 0 bridgehead atoms. The topological polar surface area (TPSA) is 12.0 Å². The fourth-order valence-corrected chi connectivity index (χ4v) is 3.16. The van der Waals surface area contributed by atoms with E-state index in [9.17, 15) is 0 Å². The highest BCUT2D eigenvalue weighted by Gasteiger charge is 2.14. The van der Waals surface area contributed by atoms with Crippen LogP contribution in [0, 0.1) is 0 Å². The van der Waals surface area contributed by atoms with Crippen molar-refractivity contribution in [2.75, 3.05) is 11.5 Å². The zero-order valence-electron chi connectivity index (χ0n) is 9.72. The van der Waals surface area contributed by atoms with Crippen molar-refractivity contribution in [3.05, 3.63) is 0 Å². The third-order valence-electron chi connectivity index (χ3n) is 2.98. The van der Waals surface area contributed by atoms with E-state index in [2.05, 4.69) is 30.9 Å². The second kappa shape index (κ2) is 7.58. The van der Waals surface area contributed by atoms with Gasteiger partial charge in [-0.05, 0) is 37.7 Å². The minimum atomic E-state index is 0.731. The molecule has 84 valence electrons. The van der Waals surface area contributed by atoms with Crippen molar-refractivity contribution in [2.24, 2.45) is 0 Å². The zero-order chi connectivity index (χ0) is 10.2. The number of hydrogen-bond acceptors (Lipinski definition) is 2. The molecule has 1 fully saturated rings. The molecule has 0 aromatic heterocycles. The molecule has 0 amide bonds. The molecule has 0 aliphatic carbocycles. The summed E-state index contributed by atoms with van der Waals surface area (Å²) >= 11 is 2.11. The van der Waals surface area contributed by atoms with Crippen LogP contribution in [-0.4, -0.2) is 23.6 Å². The highest BCUT2D eigenvalue weighted by Crippen LogP contribution is 2.17. The van der Waals surface area contributed by atoms with Gasteiger partial charge >= 0.3 is 0 Å². The molecule has 1 saturated heterocycles. The number of nitrogens with one attached hydrogen (secondary N) is 1. The van der Waals surface area contributed by atoms with Crippen molar-refractivity contribution < 1.29 is 0 Å². The number of rotatable bonds is 6. The van der Waals surface area contributed by atoms with Crippen LogP contribution >= 0.6 is 11.8 Å². The predicted octanol–water partition coefficient (Wildman–Crippen LogP) is 3.44. The molecule has 1 heterocycles. The van der Waals surface area contributed by atoms with Crippen molar-refractivity contribution in [2.45, 2.75) is 64.5 Å². The maximum atomic E-state index is 3.76. The zero-order valence-corrected chi connectivity index (χ0v) is 10.5. The molecule has 1 N–H and O–H groups in total. The van der Waals surface area contributed by atoms with E-state index >= 15 is 0 Å². The van der Waals surface area contributed by atoms with E-state index in [4.69, 9.17) is 0 Å². The van der Waals surface area contributed by atoms with Gasteiger partial charge in [0.05, 0.1) is 0 Å². The average Bonchev–Trinajstić information content (AvgIpc) is 2.20. The molecule has 1 aliphatic heterocycles. The van der Waals surface area contributed by atoms with Crippen LogP contribution in [0.5, 0.6) is 0 Å². The summed E-state index contributed by atoms with van der Waals surface area (Å²) in [7, 11) is 0. The third kappa shape index (κ3) is 5.26. The highest BCUT2D eigenvalue weighted by molar-refractivity contribution is 7.99. The summed E-state index contributed by atoms with van der Waals surface area (Å²) in [6.07, 6.45) is 8.24. The fraction of sp³-hybridized carbons (Fsp3) is 1.00. The second-order valence-electron chi connectivity index (χ2n) is 4.45. The largest absolute Gasteiger partial charge is 0.311 e. The first-order chi connectivity index (χ1) is 6.83. The third-order valence-corrected chi connectivity index (χ3v) is 4.03. The molecule has 0 spiro atoms. The summed E-state index contributed by atoms with van der Waals surface area (Å²) in [5.74, 6) is 2.72. The van der Waals surface area contributed by atoms with Crippen molar-refractivity contribution >= 4 is 11.8 Å². The van der Waals surface area contributed by atoms with E-state index < -0.39 is 0 Å². The lowest BCUT2D eigenvalue weighted by Crippen LogP contribution is -2.38. The maximum Gasteiger partial charge on any atom is 0.00852 e. The van der Waals surface area contributed by atoms with Crippen molar-refractivity contribution in [3.8, 4) is 0 Å². The van der Waals surface area contributed by atoms with Crippen LogP contribution < -0.4 is 5.32 Å². The normalized spacial score (nSPS) is 21.0. The fourth-order valence-electron chi connectivity index (χ4n) is 2.05. The molecule has 0 aromatic rings. The molecule has 0 radical (unpaired) electrons. The molecule has 0 saturated carbocycles. The smallest absolute Gasteiger partial charge is 0.00852 e. The standard InChI is InChI=1S/C12H25NS/c1-3-4-5-6-11(2)13-12-7-9-14-10-8-12/h11-13H,3-10H2,1-2H3. The van der Waals surface area contributed by atoms with Gasteiger partial charge in [-0.25, -0.2) is 0 Å². The Kier molecular flexibility index (Phi) is 6.70. The van der Waals surface area contributed by atoms with Gasteiger partial charge in [0, 0.05) is 12.1 Å². The second-order valence-corrected chi connectivity index (χ2v) is 5.67. The van der Waals surface area contributed by atoms with Gasteiger partial charge < -0.3 is 5.32 Å². The molecular weight excluding hydrogens is 190 g/mol. The van der Waals surface area contributed by atoms with Crippen LogP contribution in [0.4, 0.5) is 0 Å². The van der Waals surface area contributed by atoms with E-state index in [1.807, 2.05) is 0 Å².